The van der Waals surface area contributed by atoms with Crippen LogP contribution in [0, 0.1) is 0 Å². The highest BCUT2D eigenvalue weighted by molar-refractivity contribution is 5.89. The first kappa shape index (κ1) is 25.5. The van der Waals surface area contributed by atoms with Crippen molar-refractivity contribution >= 4 is 17.6 Å². The zero-order valence-electron chi connectivity index (χ0n) is 20.8. The number of likely N-dealkylation sites (tertiary alicyclic amines) is 1. The quantitative estimate of drug-likeness (QED) is 0.355. The zero-order valence-corrected chi connectivity index (χ0v) is 20.8. The molecular weight excluding hydrogens is 448 g/mol. The molecule has 0 aromatic heterocycles. The summed E-state index contributed by atoms with van der Waals surface area (Å²) in [7, 11) is 0. The molecule has 0 bridgehead atoms. The molecule has 1 saturated heterocycles. The summed E-state index contributed by atoms with van der Waals surface area (Å²) in [5.74, 6) is 0.0333. The highest BCUT2D eigenvalue weighted by Crippen LogP contribution is 2.21. The van der Waals surface area contributed by atoms with E-state index in [1.165, 1.54) is 12.8 Å². The summed E-state index contributed by atoms with van der Waals surface area (Å²) in [6.45, 7) is 3.84. The number of hydrogen-bond acceptors (Lipinski definition) is 3. The van der Waals surface area contributed by atoms with Crippen LogP contribution >= 0.6 is 0 Å². The molecule has 188 valence electrons. The van der Waals surface area contributed by atoms with E-state index in [0.29, 0.717) is 25.8 Å². The van der Waals surface area contributed by atoms with Gasteiger partial charge in [0.1, 0.15) is 0 Å². The summed E-state index contributed by atoms with van der Waals surface area (Å²) in [6.07, 6.45) is 4.12. The Morgan fingerprint density at radius 2 is 1.44 bits per heavy atom. The molecule has 3 N–H and O–H groups in total. The number of carbonyl (C=O) groups is 2. The Morgan fingerprint density at radius 1 is 0.806 bits per heavy atom. The second kappa shape index (κ2) is 13.4. The molecule has 4 rings (SSSR count). The minimum Gasteiger partial charge on any atom is -0.355 e. The van der Waals surface area contributed by atoms with Gasteiger partial charge >= 0.3 is 6.03 Å². The minimum atomic E-state index is -0.266. The molecule has 1 heterocycles. The third-order valence-electron chi connectivity index (χ3n) is 6.58. The molecule has 0 radical (unpaired) electrons. The summed E-state index contributed by atoms with van der Waals surface area (Å²) in [5.41, 5.74) is 4.09. The number of urea groups is 1. The number of benzene rings is 3. The van der Waals surface area contributed by atoms with Crippen LogP contribution in [0.4, 0.5) is 10.5 Å². The molecule has 0 aliphatic carbocycles. The molecule has 0 saturated carbocycles. The van der Waals surface area contributed by atoms with Gasteiger partial charge in [-0.3, -0.25) is 4.79 Å². The normalized spacial score (nSPS) is 14.2. The van der Waals surface area contributed by atoms with E-state index in [0.717, 1.165) is 42.0 Å². The van der Waals surface area contributed by atoms with Gasteiger partial charge in [-0.15, -0.1) is 0 Å². The Morgan fingerprint density at radius 3 is 2.14 bits per heavy atom. The van der Waals surface area contributed by atoms with Crippen molar-refractivity contribution in [3.63, 3.8) is 0 Å². The van der Waals surface area contributed by atoms with Crippen molar-refractivity contribution in [2.45, 2.75) is 38.1 Å². The Bertz CT molecular complexity index is 1080. The lowest BCUT2D eigenvalue weighted by molar-refractivity contribution is -0.121. The van der Waals surface area contributed by atoms with E-state index in [1.54, 1.807) is 0 Å². The Hall–Kier alpha value is -3.64. The van der Waals surface area contributed by atoms with Crippen LogP contribution in [0.1, 0.15) is 31.2 Å². The zero-order chi connectivity index (χ0) is 25.0. The van der Waals surface area contributed by atoms with Gasteiger partial charge in [-0.05, 0) is 67.6 Å². The molecule has 3 aromatic carbocycles. The van der Waals surface area contributed by atoms with Gasteiger partial charge in [0, 0.05) is 31.2 Å². The molecule has 3 amide bonds. The van der Waals surface area contributed by atoms with E-state index in [1.807, 2.05) is 72.8 Å². The lowest BCUT2D eigenvalue weighted by Crippen LogP contribution is -2.40. The smallest absolute Gasteiger partial charge is 0.319 e. The fourth-order valence-electron chi connectivity index (χ4n) is 4.61. The Labute approximate surface area is 214 Å². The average molecular weight is 485 g/mol. The molecule has 36 heavy (non-hydrogen) atoms. The van der Waals surface area contributed by atoms with Gasteiger partial charge in [0.25, 0.3) is 0 Å². The molecule has 1 fully saturated rings. The topological polar surface area (TPSA) is 73.5 Å². The maximum absolute atomic E-state index is 12.8. The molecule has 1 aliphatic rings. The van der Waals surface area contributed by atoms with Crippen molar-refractivity contribution in [2.24, 2.45) is 0 Å². The highest BCUT2D eigenvalue weighted by Gasteiger charge is 2.16. The first-order valence-electron chi connectivity index (χ1n) is 12.9. The highest BCUT2D eigenvalue weighted by atomic mass is 16.2. The van der Waals surface area contributed by atoms with Gasteiger partial charge in [-0.25, -0.2) is 4.79 Å². The Kier molecular flexibility index (Phi) is 9.51. The number of hydrogen-bond donors (Lipinski definition) is 3. The maximum Gasteiger partial charge on any atom is 0.319 e. The summed E-state index contributed by atoms with van der Waals surface area (Å²) in [5, 5.41) is 9.04. The number of amides is 3. The SMILES string of the molecule is O=C(CCC(Cc1ccccc1)NC(=O)Nc1ccc(-c2ccccc2)cc1)NCCN1CCCC1. The summed E-state index contributed by atoms with van der Waals surface area (Å²) < 4.78 is 0. The van der Waals surface area contributed by atoms with Crippen LogP contribution in [-0.2, 0) is 11.2 Å². The summed E-state index contributed by atoms with van der Waals surface area (Å²) in [4.78, 5) is 27.6. The van der Waals surface area contributed by atoms with Gasteiger partial charge in [-0.1, -0.05) is 72.8 Å². The fourth-order valence-corrected chi connectivity index (χ4v) is 4.61. The van der Waals surface area contributed by atoms with Crippen LogP contribution in [-0.4, -0.2) is 49.1 Å². The summed E-state index contributed by atoms with van der Waals surface area (Å²) in [6, 6.07) is 27.6. The van der Waals surface area contributed by atoms with Crippen LogP contribution in [0.3, 0.4) is 0 Å². The van der Waals surface area contributed by atoms with Crippen LogP contribution in [0.5, 0.6) is 0 Å². The van der Waals surface area contributed by atoms with E-state index in [4.69, 9.17) is 0 Å². The minimum absolute atomic E-state index is 0.0333. The molecule has 6 nitrogen and oxygen atoms in total. The first-order valence-corrected chi connectivity index (χ1v) is 12.9. The molecular formula is C30H36N4O2. The fraction of sp³-hybridized carbons (Fsp3) is 0.333. The van der Waals surface area contributed by atoms with Crippen LogP contribution in [0.2, 0.25) is 0 Å². The molecule has 0 spiro atoms. The van der Waals surface area contributed by atoms with Gasteiger partial charge in [0.2, 0.25) is 5.91 Å². The predicted molar refractivity (Wildman–Crippen MR) is 146 cm³/mol. The molecule has 6 heteroatoms. The van der Waals surface area contributed by atoms with Crippen LogP contribution < -0.4 is 16.0 Å². The lowest BCUT2D eigenvalue weighted by atomic mass is 10.0. The lowest BCUT2D eigenvalue weighted by Gasteiger charge is -2.20. The molecule has 1 aliphatic heterocycles. The van der Waals surface area contributed by atoms with Gasteiger partial charge in [0.05, 0.1) is 0 Å². The van der Waals surface area contributed by atoms with Crippen molar-refractivity contribution in [3.05, 3.63) is 90.5 Å². The standard InChI is InChI=1S/C30H36N4O2/c35-29(31-19-22-34-20-7-8-21-34)18-17-28(23-24-9-3-1-4-10-24)33-30(36)32-27-15-13-26(14-16-27)25-11-5-2-6-12-25/h1-6,9-16,28H,7-8,17-23H2,(H,31,35)(H2,32,33,36). The number of rotatable bonds is 11. The molecule has 1 atom stereocenters. The van der Waals surface area contributed by atoms with Crippen LogP contribution in [0.25, 0.3) is 11.1 Å². The first-order chi connectivity index (χ1) is 17.7. The van der Waals surface area contributed by atoms with Crippen molar-refractivity contribution in [1.29, 1.82) is 0 Å². The maximum atomic E-state index is 12.8. The largest absolute Gasteiger partial charge is 0.355 e. The third-order valence-corrected chi connectivity index (χ3v) is 6.58. The number of anilines is 1. The monoisotopic (exact) mass is 484 g/mol. The molecule has 1 unspecified atom stereocenters. The molecule has 3 aromatic rings. The second-order valence-electron chi connectivity index (χ2n) is 9.37. The number of carbonyl (C=O) groups excluding carboxylic acids is 2. The van der Waals surface area contributed by atoms with E-state index >= 15 is 0 Å². The number of nitrogens with one attached hydrogen (secondary N) is 3. The predicted octanol–water partition coefficient (Wildman–Crippen LogP) is 5.08. The Balaban J connectivity index is 1.28. The second-order valence-corrected chi connectivity index (χ2v) is 9.37. The van der Waals surface area contributed by atoms with Crippen molar-refractivity contribution < 1.29 is 9.59 Å². The average Bonchev–Trinajstić information content (AvgIpc) is 3.42. The van der Waals surface area contributed by atoms with Gasteiger partial charge < -0.3 is 20.9 Å². The van der Waals surface area contributed by atoms with E-state index < -0.39 is 0 Å². The van der Waals surface area contributed by atoms with Gasteiger partial charge in [0.15, 0.2) is 0 Å². The van der Waals surface area contributed by atoms with Crippen molar-refractivity contribution in [2.75, 3.05) is 31.5 Å². The van der Waals surface area contributed by atoms with Crippen molar-refractivity contribution in [3.8, 4) is 11.1 Å². The van der Waals surface area contributed by atoms with E-state index in [2.05, 4.69) is 33.0 Å². The third kappa shape index (κ3) is 8.24. The number of nitrogens with zero attached hydrogens (tertiary/aromatic N) is 1. The van der Waals surface area contributed by atoms with E-state index in [9.17, 15) is 9.59 Å². The van der Waals surface area contributed by atoms with Crippen LogP contribution in [0.15, 0.2) is 84.9 Å². The van der Waals surface area contributed by atoms with Gasteiger partial charge in [-0.2, -0.15) is 0 Å². The van der Waals surface area contributed by atoms with Crippen molar-refractivity contribution in [1.82, 2.24) is 15.5 Å². The van der Waals surface area contributed by atoms with E-state index in [-0.39, 0.29) is 18.0 Å². The summed E-state index contributed by atoms with van der Waals surface area (Å²) >= 11 is 0.